The van der Waals surface area contributed by atoms with Crippen LogP contribution >= 0.6 is 0 Å². The van der Waals surface area contributed by atoms with E-state index in [-0.39, 0.29) is 17.0 Å². The van der Waals surface area contributed by atoms with Crippen LogP contribution in [0.5, 0.6) is 0 Å². The molecule has 31 heavy (non-hydrogen) atoms. The lowest BCUT2D eigenvalue weighted by Gasteiger charge is -2.15. The first-order valence-corrected chi connectivity index (χ1v) is 11.1. The first-order valence-electron chi connectivity index (χ1n) is 9.65. The van der Waals surface area contributed by atoms with E-state index in [1.54, 1.807) is 6.92 Å². The number of aliphatic hydroxyl groups is 1. The minimum absolute atomic E-state index is 0.0398. The van der Waals surface area contributed by atoms with Crippen molar-refractivity contribution in [2.75, 3.05) is 6.54 Å². The van der Waals surface area contributed by atoms with Crippen molar-refractivity contribution in [2.45, 2.75) is 24.0 Å². The van der Waals surface area contributed by atoms with Crippen LogP contribution in [-0.2, 0) is 10.0 Å². The molecule has 1 amide bonds. The van der Waals surface area contributed by atoms with Crippen LogP contribution < -0.4 is 10.0 Å². The average Bonchev–Trinajstić information content (AvgIpc) is 2.78. The zero-order chi connectivity index (χ0) is 22.4. The number of sulfonamides is 1. The summed E-state index contributed by atoms with van der Waals surface area (Å²) >= 11 is 0. The lowest BCUT2D eigenvalue weighted by atomic mass is 10.1. The van der Waals surface area contributed by atoms with E-state index >= 15 is 0 Å². The predicted octanol–water partition coefficient (Wildman–Crippen LogP) is 3.33. The highest BCUT2D eigenvalue weighted by molar-refractivity contribution is 7.89. The molecule has 2 atom stereocenters. The highest BCUT2D eigenvalue weighted by Gasteiger charge is 2.20. The summed E-state index contributed by atoms with van der Waals surface area (Å²) in [6.45, 7) is 1.63. The van der Waals surface area contributed by atoms with Crippen LogP contribution in [-0.4, -0.2) is 26.0 Å². The topological polar surface area (TPSA) is 95.5 Å². The van der Waals surface area contributed by atoms with Crippen molar-refractivity contribution >= 4 is 15.9 Å². The second kappa shape index (κ2) is 9.82. The Morgan fingerprint density at radius 1 is 0.968 bits per heavy atom. The molecule has 2 unspecified atom stereocenters. The van der Waals surface area contributed by atoms with E-state index in [4.69, 9.17) is 0 Å². The first kappa shape index (κ1) is 22.6. The number of nitrogens with one attached hydrogen (secondary N) is 2. The van der Waals surface area contributed by atoms with E-state index in [0.717, 1.165) is 5.56 Å². The molecule has 3 aromatic carbocycles. The highest BCUT2D eigenvalue weighted by atomic mass is 32.2. The second-order valence-corrected chi connectivity index (χ2v) is 8.77. The minimum atomic E-state index is -3.86. The summed E-state index contributed by atoms with van der Waals surface area (Å²) in [6.07, 6.45) is -1.02. The standard InChI is InChI=1S/C23H23FN2O4S/c1-16(17-6-3-2-4-7-17)26-31(29,30)21-9-5-8-19(14-21)23(28)25-15-22(27)18-10-12-20(24)13-11-18/h2-14,16,22,26-27H,15H2,1H3,(H,25,28). The van der Waals surface area contributed by atoms with Gasteiger partial charge in [0.1, 0.15) is 5.82 Å². The molecule has 0 heterocycles. The normalized spacial score (nSPS) is 13.4. The number of hydrogen-bond donors (Lipinski definition) is 3. The summed E-state index contributed by atoms with van der Waals surface area (Å²) in [5.74, 6) is -0.956. The summed E-state index contributed by atoms with van der Waals surface area (Å²) in [4.78, 5) is 12.4. The van der Waals surface area contributed by atoms with Crippen molar-refractivity contribution in [1.82, 2.24) is 10.0 Å². The molecule has 0 aromatic heterocycles. The maximum absolute atomic E-state index is 13.0. The second-order valence-electron chi connectivity index (χ2n) is 7.06. The molecule has 0 aliphatic heterocycles. The van der Waals surface area contributed by atoms with Crippen molar-refractivity contribution in [1.29, 1.82) is 0 Å². The molecule has 0 fully saturated rings. The lowest BCUT2D eigenvalue weighted by Crippen LogP contribution is -2.29. The summed E-state index contributed by atoms with van der Waals surface area (Å²) in [6, 6.07) is 19.6. The van der Waals surface area contributed by atoms with Gasteiger partial charge in [-0.2, -0.15) is 0 Å². The monoisotopic (exact) mass is 442 g/mol. The van der Waals surface area contributed by atoms with Gasteiger partial charge in [-0.15, -0.1) is 0 Å². The quantitative estimate of drug-likeness (QED) is 0.499. The van der Waals surface area contributed by atoms with E-state index in [1.165, 1.54) is 48.5 Å². The summed E-state index contributed by atoms with van der Waals surface area (Å²) in [5.41, 5.74) is 1.41. The molecular weight excluding hydrogens is 419 g/mol. The van der Waals surface area contributed by atoms with Crippen LogP contribution in [0.1, 0.15) is 40.6 Å². The van der Waals surface area contributed by atoms with Gasteiger partial charge >= 0.3 is 0 Å². The van der Waals surface area contributed by atoms with Crippen molar-refractivity contribution in [3.63, 3.8) is 0 Å². The van der Waals surface area contributed by atoms with E-state index < -0.39 is 33.9 Å². The summed E-state index contributed by atoms with van der Waals surface area (Å²) in [7, 11) is -3.86. The van der Waals surface area contributed by atoms with Crippen molar-refractivity contribution < 1.29 is 22.7 Å². The molecule has 0 radical (unpaired) electrons. The summed E-state index contributed by atoms with van der Waals surface area (Å²) in [5, 5.41) is 12.7. The fourth-order valence-electron chi connectivity index (χ4n) is 3.01. The highest BCUT2D eigenvalue weighted by Crippen LogP contribution is 2.18. The number of carbonyl (C=O) groups is 1. The smallest absolute Gasteiger partial charge is 0.251 e. The van der Waals surface area contributed by atoms with Gasteiger partial charge in [-0.1, -0.05) is 48.5 Å². The van der Waals surface area contributed by atoms with Crippen LogP contribution in [0.4, 0.5) is 4.39 Å². The van der Waals surface area contributed by atoms with Gasteiger partial charge in [0, 0.05) is 18.2 Å². The molecule has 3 N–H and O–H groups in total. The number of hydrogen-bond acceptors (Lipinski definition) is 4. The summed E-state index contributed by atoms with van der Waals surface area (Å²) < 4.78 is 41.1. The molecule has 3 rings (SSSR count). The van der Waals surface area contributed by atoms with Crippen molar-refractivity contribution in [3.05, 3.63) is 101 Å². The van der Waals surface area contributed by atoms with Crippen LogP contribution in [0.15, 0.2) is 83.8 Å². The van der Waals surface area contributed by atoms with Crippen LogP contribution in [0.2, 0.25) is 0 Å². The Morgan fingerprint density at radius 2 is 1.65 bits per heavy atom. The number of aliphatic hydroxyl groups excluding tert-OH is 1. The Morgan fingerprint density at radius 3 is 2.32 bits per heavy atom. The third-order valence-corrected chi connectivity index (χ3v) is 6.29. The van der Waals surface area contributed by atoms with Gasteiger partial charge in [-0.05, 0) is 48.4 Å². The lowest BCUT2D eigenvalue weighted by molar-refractivity contribution is 0.0916. The maximum atomic E-state index is 13.0. The molecule has 8 heteroatoms. The van der Waals surface area contributed by atoms with Gasteiger partial charge in [-0.25, -0.2) is 17.5 Å². The van der Waals surface area contributed by atoms with Gasteiger partial charge < -0.3 is 10.4 Å². The molecule has 162 valence electrons. The fourth-order valence-corrected chi connectivity index (χ4v) is 4.29. The third kappa shape index (κ3) is 5.97. The van der Waals surface area contributed by atoms with Crippen LogP contribution in [0.3, 0.4) is 0 Å². The predicted molar refractivity (Wildman–Crippen MR) is 115 cm³/mol. The van der Waals surface area contributed by atoms with Crippen molar-refractivity contribution in [3.8, 4) is 0 Å². The minimum Gasteiger partial charge on any atom is -0.387 e. The number of halogens is 1. The molecule has 0 spiro atoms. The number of benzene rings is 3. The molecule has 0 aliphatic rings. The number of carbonyl (C=O) groups excluding carboxylic acids is 1. The Bertz CT molecular complexity index is 1140. The van der Waals surface area contributed by atoms with Crippen LogP contribution in [0.25, 0.3) is 0 Å². The molecule has 6 nitrogen and oxygen atoms in total. The molecule has 0 saturated carbocycles. The number of amides is 1. The molecule has 3 aromatic rings. The SMILES string of the molecule is CC(NS(=O)(=O)c1cccc(C(=O)NCC(O)c2ccc(F)cc2)c1)c1ccccc1. The van der Waals surface area contributed by atoms with E-state index in [0.29, 0.717) is 5.56 Å². The first-order chi connectivity index (χ1) is 14.8. The van der Waals surface area contributed by atoms with Gasteiger partial charge in [-0.3, -0.25) is 4.79 Å². The molecule has 0 aliphatic carbocycles. The van der Waals surface area contributed by atoms with E-state index in [9.17, 15) is 22.7 Å². The maximum Gasteiger partial charge on any atom is 0.251 e. The molecule has 0 bridgehead atoms. The van der Waals surface area contributed by atoms with Crippen molar-refractivity contribution in [2.24, 2.45) is 0 Å². The van der Waals surface area contributed by atoms with Crippen LogP contribution in [0, 0.1) is 5.82 Å². The zero-order valence-corrected chi connectivity index (χ0v) is 17.6. The Hall–Kier alpha value is -3.07. The van der Waals surface area contributed by atoms with Gasteiger partial charge in [0.2, 0.25) is 10.0 Å². The number of rotatable bonds is 8. The van der Waals surface area contributed by atoms with Gasteiger partial charge in [0.25, 0.3) is 5.91 Å². The fraction of sp³-hybridized carbons (Fsp3) is 0.174. The Balaban J connectivity index is 1.67. The van der Waals surface area contributed by atoms with E-state index in [1.807, 2.05) is 30.3 Å². The van der Waals surface area contributed by atoms with Gasteiger partial charge in [0.15, 0.2) is 0 Å². The molecular formula is C23H23FN2O4S. The molecule has 0 saturated heterocycles. The zero-order valence-electron chi connectivity index (χ0n) is 16.8. The van der Waals surface area contributed by atoms with E-state index in [2.05, 4.69) is 10.0 Å². The Labute approximate surface area is 180 Å². The third-order valence-electron chi connectivity index (χ3n) is 4.75. The van der Waals surface area contributed by atoms with Gasteiger partial charge in [0.05, 0.1) is 11.0 Å². The largest absolute Gasteiger partial charge is 0.387 e. The Kier molecular flexibility index (Phi) is 7.17. The average molecular weight is 443 g/mol.